The summed E-state index contributed by atoms with van der Waals surface area (Å²) in [5.41, 5.74) is 1.45. The number of carbonyl (C=O) groups excluding carboxylic acids is 2. The van der Waals surface area contributed by atoms with E-state index in [1.54, 1.807) is 24.3 Å². The van der Waals surface area contributed by atoms with E-state index in [0.29, 0.717) is 11.3 Å². The molecule has 158 valence electrons. The number of fused-ring (bicyclic) bond motifs is 1. The molecule has 2 aromatic rings. The average Bonchev–Trinajstić information content (AvgIpc) is 3.40. The van der Waals surface area contributed by atoms with Gasteiger partial charge >= 0.3 is 0 Å². The molecule has 2 unspecified atom stereocenters. The number of carbonyl (C=O) groups is 2. The first kappa shape index (κ1) is 20.2. The zero-order chi connectivity index (χ0) is 21.4. The van der Waals surface area contributed by atoms with Gasteiger partial charge in [0.05, 0.1) is 24.5 Å². The molecular weight excluding hydrogens is 386 g/mol. The summed E-state index contributed by atoms with van der Waals surface area (Å²) in [7, 11) is 0. The Hall–Kier alpha value is -3.06. The molecule has 2 aliphatic heterocycles. The first-order valence-electron chi connectivity index (χ1n) is 10.1. The van der Waals surface area contributed by atoms with Crippen LogP contribution in [-0.2, 0) is 20.7 Å². The maximum Gasteiger partial charge on any atom is 0.295 e. The molecular formula is C23H25NO6. The van der Waals surface area contributed by atoms with E-state index in [1.807, 2.05) is 26.8 Å². The molecule has 0 radical (unpaired) electrons. The first-order chi connectivity index (χ1) is 14.4. The predicted molar refractivity (Wildman–Crippen MR) is 109 cm³/mol. The van der Waals surface area contributed by atoms with Crippen molar-refractivity contribution >= 4 is 17.4 Å². The summed E-state index contributed by atoms with van der Waals surface area (Å²) in [5.74, 6) is -0.442. The lowest BCUT2D eigenvalue weighted by Crippen LogP contribution is -2.33. The summed E-state index contributed by atoms with van der Waals surface area (Å²) in [6.45, 7) is 6.25. The predicted octanol–water partition coefficient (Wildman–Crippen LogP) is 3.45. The van der Waals surface area contributed by atoms with Gasteiger partial charge in [0.15, 0.2) is 0 Å². The molecule has 1 saturated heterocycles. The Labute approximate surface area is 174 Å². The van der Waals surface area contributed by atoms with E-state index in [0.717, 1.165) is 17.7 Å². The number of benzene rings is 1. The van der Waals surface area contributed by atoms with Crippen molar-refractivity contribution in [2.45, 2.75) is 45.4 Å². The molecule has 1 aromatic heterocycles. The van der Waals surface area contributed by atoms with Crippen molar-refractivity contribution < 1.29 is 28.6 Å². The molecule has 30 heavy (non-hydrogen) atoms. The third-order valence-electron chi connectivity index (χ3n) is 5.31. The summed E-state index contributed by atoms with van der Waals surface area (Å²) in [5, 5.41) is 11.1. The number of amides is 1. The maximum absolute atomic E-state index is 12.9. The van der Waals surface area contributed by atoms with Crippen molar-refractivity contribution in [3.05, 3.63) is 59.1 Å². The van der Waals surface area contributed by atoms with Crippen LogP contribution in [0.15, 0.2) is 46.6 Å². The number of hydrogen-bond acceptors (Lipinski definition) is 6. The molecule has 2 atom stereocenters. The van der Waals surface area contributed by atoms with E-state index in [2.05, 4.69) is 0 Å². The van der Waals surface area contributed by atoms with Crippen LogP contribution >= 0.6 is 0 Å². The van der Waals surface area contributed by atoms with Gasteiger partial charge < -0.3 is 23.9 Å². The second-order valence-electron chi connectivity index (χ2n) is 7.88. The van der Waals surface area contributed by atoms with E-state index in [-0.39, 0.29) is 36.7 Å². The molecule has 0 aliphatic carbocycles. The van der Waals surface area contributed by atoms with Gasteiger partial charge in [-0.3, -0.25) is 9.59 Å². The number of hydrogen-bond donors (Lipinski definition) is 1. The van der Waals surface area contributed by atoms with Gasteiger partial charge in [0.1, 0.15) is 29.4 Å². The fraction of sp³-hybridized carbons (Fsp3) is 0.391. The summed E-state index contributed by atoms with van der Waals surface area (Å²) < 4.78 is 16.8. The van der Waals surface area contributed by atoms with Crippen LogP contribution in [0.1, 0.15) is 43.7 Å². The summed E-state index contributed by atoms with van der Waals surface area (Å²) in [6.07, 6.45) is 2.26. The van der Waals surface area contributed by atoms with Crippen LogP contribution in [0.2, 0.25) is 0 Å². The standard InChI is InChI=1S/C23H25NO6/c1-13(2)28-10-8-24-20(18-5-4-9-29-18)19(22(26)23(24)27)21(25)15-6-7-17-16(12-15)11-14(3)30-17/h4-7,9,12-14,20,25H,8,10-11H2,1-3H3/b21-19-. The van der Waals surface area contributed by atoms with Crippen LogP contribution in [0.5, 0.6) is 5.75 Å². The van der Waals surface area contributed by atoms with Crippen LogP contribution in [0.25, 0.3) is 5.76 Å². The summed E-state index contributed by atoms with van der Waals surface area (Å²) in [6, 6.07) is 7.86. The summed E-state index contributed by atoms with van der Waals surface area (Å²) >= 11 is 0. The third kappa shape index (κ3) is 3.61. The normalized spacial score (nSPS) is 22.6. The second-order valence-corrected chi connectivity index (χ2v) is 7.88. The lowest BCUT2D eigenvalue weighted by atomic mass is 9.97. The van der Waals surface area contributed by atoms with Gasteiger partial charge in [-0.1, -0.05) is 0 Å². The van der Waals surface area contributed by atoms with Crippen LogP contribution in [0.4, 0.5) is 0 Å². The molecule has 7 nitrogen and oxygen atoms in total. The van der Waals surface area contributed by atoms with Gasteiger partial charge in [0, 0.05) is 18.5 Å². The van der Waals surface area contributed by atoms with E-state index in [9.17, 15) is 14.7 Å². The Bertz CT molecular complexity index is 991. The largest absolute Gasteiger partial charge is 0.507 e. The molecule has 1 fully saturated rings. The highest BCUT2D eigenvalue weighted by Crippen LogP contribution is 2.40. The first-order valence-corrected chi connectivity index (χ1v) is 10.1. The van der Waals surface area contributed by atoms with Crippen molar-refractivity contribution in [1.29, 1.82) is 0 Å². The van der Waals surface area contributed by atoms with Crippen LogP contribution in [-0.4, -0.2) is 47.1 Å². The van der Waals surface area contributed by atoms with E-state index in [4.69, 9.17) is 13.9 Å². The highest BCUT2D eigenvalue weighted by Gasteiger charge is 2.47. The van der Waals surface area contributed by atoms with Crippen molar-refractivity contribution in [2.24, 2.45) is 0 Å². The Morgan fingerprint density at radius 2 is 2.10 bits per heavy atom. The van der Waals surface area contributed by atoms with E-state index < -0.39 is 17.7 Å². The molecule has 1 N–H and O–H groups in total. The number of aliphatic hydroxyl groups excluding tert-OH is 1. The molecule has 2 aliphatic rings. The SMILES string of the molecule is CC(C)OCCN1C(=O)C(=O)/C(=C(\O)c2ccc3c(c2)CC(C)O3)C1c1ccco1. The minimum absolute atomic E-state index is 0.0000842. The fourth-order valence-electron chi connectivity index (χ4n) is 3.96. The van der Waals surface area contributed by atoms with Crippen LogP contribution in [0.3, 0.4) is 0 Å². The van der Waals surface area contributed by atoms with Crippen molar-refractivity contribution in [1.82, 2.24) is 4.90 Å². The van der Waals surface area contributed by atoms with E-state index >= 15 is 0 Å². The topological polar surface area (TPSA) is 89.2 Å². The molecule has 3 heterocycles. The quantitative estimate of drug-likeness (QED) is 0.445. The van der Waals surface area contributed by atoms with Crippen LogP contribution < -0.4 is 4.74 Å². The average molecular weight is 411 g/mol. The van der Waals surface area contributed by atoms with Gasteiger partial charge in [-0.05, 0) is 56.7 Å². The number of rotatable bonds is 6. The minimum atomic E-state index is -0.806. The second kappa shape index (κ2) is 7.99. The minimum Gasteiger partial charge on any atom is -0.507 e. The number of likely N-dealkylation sites (tertiary alicyclic amines) is 1. The molecule has 0 bridgehead atoms. The molecule has 4 rings (SSSR count). The molecule has 1 aromatic carbocycles. The highest BCUT2D eigenvalue weighted by molar-refractivity contribution is 6.46. The van der Waals surface area contributed by atoms with Gasteiger partial charge in [0.2, 0.25) is 0 Å². The molecule has 7 heteroatoms. The van der Waals surface area contributed by atoms with Crippen molar-refractivity contribution in [2.75, 3.05) is 13.2 Å². The lowest BCUT2D eigenvalue weighted by Gasteiger charge is -2.23. The zero-order valence-corrected chi connectivity index (χ0v) is 17.3. The van der Waals surface area contributed by atoms with Gasteiger partial charge in [0.25, 0.3) is 11.7 Å². The molecule has 1 amide bonds. The Morgan fingerprint density at radius 1 is 1.30 bits per heavy atom. The van der Waals surface area contributed by atoms with Crippen LogP contribution in [0, 0.1) is 0 Å². The van der Waals surface area contributed by atoms with Gasteiger partial charge in [-0.25, -0.2) is 0 Å². The third-order valence-corrected chi connectivity index (χ3v) is 5.31. The maximum atomic E-state index is 12.9. The smallest absolute Gasteiger partial charge is 0.295 e. The van der Waals surface area contributed by atoms with Gasteiger partial charge in [-0.2, -0.15) is 0 Å². The Morgan fingerprint density at radius 3 is 2.80 bits per heavy atom. The number of Topliss-reactive ketones (excluding diaryl/α,β-unsaturated/α-hetero) is 1. The zero-order valence-electron chi connectivity index (χ0n) is 17.3. The monoisotopic (exact) mass is 411 g/mol. The number of ketones is 1. The van der Waals surface area contributed by atoms with E-state index in [1.165, 1.54) is 11.2 Å². The lowest BCUT2D eigenvalue weighted by molar-refractivity contribution is -0.140. The van der Waals surface area contributed by atoms with Crippen molar-refractivity contribution in [3.63, 3.8) is 0 Å². The Balaban J connectivity index is 1.74. The summed E-state index contributed by atoms with van der Waals surface area (Å²) in [4.78, 5) is 27.1. The Kier molecular flexibility index (Phi) is 5.39. The molecule has 0 spiro atoms. The molecule has 0 saturated carbocycles. The number of furan rings is 1. The number of aliphatic hydroxyl groups is 1. The number of nitrogens with zero attached hydrogens (tertiary/aromatic N) is 1. The van der Waals surface area contributed by atoms with Gasteiger partial charge in [-0.15, -0.1) is 0 Å². The number of ether oxygens (including phenoxy) is 2. The highest BCUT2D eigenvalue weighted by atomic mass is 16.5. The fourth-order valence-corrected chi connectivity index (χ4v) is 3.96. The van der Waals surface area contributed by atoms with Crippen molar-refractivity contribution in [3.8, 4) is 5.75 Å².